The molecule has 3 aromatic rings. The summed E-state index contributed by atoms with van der Waals surface area (Å²) in [7, 11) is 0. The molecule has 0 bridgehead atoms. The molecule has 9 heteroatoms. The molecule has 2 heterocycles. The standard InChI is InChI=1S/C18H14N4O4S/c23-17(21-18(27)20-11-12-3-2-8-19-10-12)16-7-6-15(26-16)13-4-1-5-14(9-13)22(24)25/h1-10H,11H2,(H2,20,21,23,27). The summed E-state index contributed by atoms with van der Waals surface area (Å²) in [5, 5.41) is 16.4. The molecule has 1 amide bonds. The number of carbonyl (C=O) groups excluding carboxylic acids is 1. The van der Waals surface area contributed by atoms with Crippen LogP contribution in [0.2, 0.25) is 0 Å². The maximum Gasteiger partial charge on any atom is 0.293 e. The number of non-ortho nitro benzene ring substituents is 1. The van der Waals surface area contributed by atoms with Crippen molar-refractivity contribution in [3.8, 4) is 11.3 Å². The van der Waals surface area contributed by atoms with Crippen LogP contribution in [0.1, 0.15) is 16.1 Å². The van der Waals surface area contributed by atoms with Gasteiger partial charge in [0.05, 0.1) is 4.92 Å². The van der Waals surface area contributed by atoms with E-state index in [1.165, 1.54) is 18.2 Å². The fraction of sp³-hybridized carbons (Fsp3) is 0.0556. The summed E-state index contributed by atoms with van der Waals surface area (Å²) in [6.07, 6.45) is 3.36. The van der Waals surface area contributed by atoms with Crippen molar-refractivity contribution >= 4 is 28.9 Å². The van der Waals surface area contributed by atoms with Crippen molar-refractivity contribution in [2.24, 2.45) is 0 Å². The minimum Gasteiger partial charge on any atom is -0.451 e. The van der Waals surface area contributed by atoms with Crippen LogP contribution < -0.4 is 10.6 Å². The molecule has 2 N–H and O–H groups in total. The van der Waals surface area contributed by atoms with E-state index >= 15 is 0 Å². The smallest absolute Gasteiger partial charge is 0.293 e. The Morgan fingerprint density at radius 1 is 1.22 bits per heavy atom. The van der Waals surface area contributed by atoms with Crippen molar-refractivity contribution in [2.45, 2.75) is 6.54 Å². The van der Waals surface area contributed by atoms with Gasteiger partial charge in [0, 0.05) is 36.6 Å². The van der Waals surface area contributed by atoms with Gasteiger partial charge in [-0.05, 0) is 36.0 Å². The molecular formula is C18H14N4O4S. The lowest BCUT2D eigenvalue weighted by Crippen LogP contribution is -2.38. The predicted molar refractivity (Wildman–Crippen MR) is 102 cm³/mol. The minimum atomic E-state index is -0.518. The minimum absolute atomic E-state index is 0.0435. The molecule has 0 aliphatic heterocycles. The number of nitro benzene ring substituents is 1. The zero-order valence-electron chi connectivity index (χ0n) is 13.9. The third kappa shape index (κ3) is 4.73. The zero-order valence-corrected chi connectivity index (χ0v) is 14.7. The van der Waals surface area contributed by atoms with Crippen LogP contribution in [0.15, 0.2) is 65.3 Å². The topological polar surface area (TPSA) is 110 Å². The largest absolute Gasteiger partial charge is 0.451 e. The summed E-state index contributed by atoms with van der Waals surface area (Å²) >= 11 is 5.10. The number of carbonyl (C=O) groups is 1. The van der Waals surface area contributed by atoms with Crippen LogP contribution in [0.4, 0.5) is 5.69 Å². The normalized spacial score (nSPS) is 10.2. The SMILES string of the molecule is O=C(NC(=S)NCc1cccnc1)c1ccc(-c2cccc([N+](=O)[O-])c2)o1. The summed E-state index contributed by atoms with van der Waals surface area (Å²) in [6.45, 7) is 0.421. The molecule has 27 heavy (non-hydrogen) atoms. The van der Waals surface area contributed by atoms with Gasteiger partial charge in [0.15, 0.2) is 10.9 Å². The van der Waals surface area contributed by atoms with Crippen molar-refractivity contribution < 1.29 is 14.1 Å². The van der Waals surface area contributed by atoms with E-state index in [-0.39, 0.29) is 16.6 Å². The predicted octanol–water partition coefficient (Wildman–Crippen LogP) is 3.05. The molecule has 0 saturated heterocycles. The quantitative estimate of drug-likeness (QED) is 0.396. The number of rotatable bonds is 5. The highest BCUT2D eigenvalue weighted by Gasteiger charge is 2.15. The van der Waals surface area contributed by atoms with Gasteiger partial charge in [0.2, 0.25) is 0 Å². The second-order valence-corrected chi connectivity index (χ2v) is 5.88. The van der Waals surface area contributed by atoms with Crippen LogP contribution in [-0.4, -0.2) is 20.9 Å². The Balaban J connectivity index is 1.62. The molecule has 0 spiro atoms. The van der Waals surface area contributed by atoms with Crippen LogP contribution in [0, 0.1) is 10.1 Å². The van der Waals surface area contributed by atoms with E-state index in [0.29, 0.717) is 17.9 Å². The Hall–Kier alpha value is -3.59. The third-order valence-electron chi connectivity index (χ3n) is 3.57. The Bertz CT molecular complexity index is 988. The monoisotopic (exact) mass is 382 g/mol. The van der Waals surface area contributed by atoms with E-state index in [2.05, 4.69) is 15.6 Å². The summed E-state index contributed by atoms with van der Waals surface area (Å²) < 4.78 is 5.50. The van der Waals surface area contributed by atoms with Crippen LogP contribution >= 0.6 is 12.2 Å². The van der Waals surface area contributed by atoms with E-state index in [4.69, 9.17) is 16.6 Å². The maximum absolute atomic E-state index is 12.2. The highest BCUT2D eigenvalue weighted by Crippen LogP contribution is 2.25. The lowest BCUT2D eigenvalue weighted by Gasteiger charge is -2.08. The molecule has 8 nitrogen and oxygen atoms in total. The molecule has 2 aromatic heterocycles. The van der Waals surface area contributed by atoms with Gasteiger partial charge in [-0.25, -0.2) is 0 Å². The van der Waals surface area contributed by atoms with Crippen molar-refractivity contribution in [1.29, 1.82) is 0 Å². The highest BCUT2D eigenvalue weighted by atomic mass is 32.1. The Morgan fingerprint density at radius 2 is 2.07 bits per heavy atom. The lowest BCUT2D eigenvalue weighted by molar-refractivity contribution is -0.384. The number of pyridine rings is 1. The van der Waals surface area contributed by atoms with E-state index in [1.807, 2.05) is 6.07 Å². The first-order chi connectivity index (χ1) is 13.0. The number of nitro groups is 1. The van der Waals surface area contributed by atoms with Crippen LogP contribution in [0.5, 0.6) is 0 Å². The van der Waals surface area contributed by atoms with Gasteiger partial charge in [0.1, 0.15) is 5.76 Å². The van der Waals surface area contributed by atoms with Crippen molar-refractivity contribution in [1.82, 2.24) is 15.6 Å². The number of aromatic nitrogens is 1. The molecule has 0 aliphatic rings. The number of hydrogen-bond acceptors (Lipinski definition) is 6. The molecule has 0 aliphatic carbocycles. The molecule has 0 atom stereocenters. The van der Waals surface area contributed by atoms with Gasteiger partial charge < -0.3 is 9.73 Å². The van der Waals surface area contributed by atoms with E-state index in [9.17, 15) is 14.9 Å². The summed E-state index contributed by atoms with van der Waals surface area (Å²) in [5.74, 6) is -0.129. The molecule has 0 fully saturated rings. The number of hydrogen-bond donors (Lipinski definition) is 2. The van der Waals surface area contributed by atoms with Gasteiger partial charge in [-0.1, -0.05) is 18.2 Å². The van der Waals surface area contributed by atoms with Gasteiger partial charge in [-0.2, -0.15) is 0 Å². The fourth-order valence-electron chi connectivity index (χ4n) is 2.28. The molecule has 0 radical (unpaired) electrons. The number of amides is 1. The first-order valence-electron chi connectivity index (χ1n) is 7.85. The summed E-state index contributed by atoms with van der Waals surface area (Å²) in [4.78, 5) is 26.6. The average Bonchev–Trinajstić information content (AvgIpc) is 3.18. The molecule has 0 saturated carbocycles. The van der Waals surface area contributed by atoms with Crippen LogP contribution in [0.3, 0.4) is 0 Å². The summed E-state index contributed by atoms with van der Waals surface area (Å²) in [6, 6.07) is 12.7. The third-order valence-corrected chi connectivity index (χ3v) is 3.82. The Morgan fingerprint density at radius 3 is 2.81 bits per heavy atom. The second kappa shape index (κ2) is 8.19. The zero-order chi connectivity index (χ0) is 19.2. The van der Waals surface area contributed by atoms with Gasteiger partial charge in [-0.3, -0.25) is 25.2 Å². The van der Waals surface area contributed by atoms with E-state index < -0.39 is 10.8 Å². The fourth-order valence-corrected chi connectivity index (χ4v) is 2.45. The molecular weight excluding hydrogens is 368 g/mol. The number of benzene rings is 1. The summed E-state index contributed by atoms with van der Waals surface area (Å²) in [5.41, 5.74) is 1.36. The maximum atomic E-state index is 12.2. The van der Waals surface area contributed by atoms with Crippen LogP contribution in [0.25, 0.3) is 11.3 Å². The van der Waals surface area contributed by atoms with Crippen molar-refractivity contribution in [3.63, 3.8) is 0 Å². The van der Waals surface area contributed by atoms with E-state index in [0.717, 1.165) is 5.56 Å². The molecule has 1 aromatic carbocycles. The van der Waals surface area contributed by atoms with Crippen LogP contribution in [-0.2, 0) is 6.54 Å². The first-order valence-corrected chi connectivity index (χ1v) is 8.26. The molecule has 3 rings (SSSR count). The number of nitrogens with one attached hydrogen (secondary N) is 2. The average molecular weight is 382 g/mol. The van der Waals surface area contributed by atoms with E-state index in [1.54, 1.807) is 36.7 Å². The number of thiocarbonyl (C=S) groups is 1. The van der Waals surface area contributed by atoms with Gasteiger partial charge in [-0.15, -0.1) is 0 Å². The van der Waals surface area contributed by atoms with Gasteiger partial charge in [0.25, 0.3) is 11.6 Å². The Labute approximate surface area is 159 Å². The number of furan rings is 1. The first kappa shape index (κ1) is 18.2. The van der Waals surface area contributed by atoms with Gasteiger partial charge >= 0.3 is 0 Å². The second-order valence-electron chi connectivity index (χ2n) is 5.47. The van der Waals surface area contributed by atoms with Crippen molar-refractivity contribution in [3.05, 3.63) is 82.4 Å². The van der Waals surface area contributed by atoms with Crippen molar-refractivity contribution in [2.75, 3.05) is 0 Å². The molecule has 136 valence electrons. The highest BCUT2D eigenvalue weighted by molar-refractivity contribution is 7.80. The lowest BCUT2D eigenvalue weighted by atomic mass is 10.1. The molecule has 0 unspecified atom stereocenters. The number of nitrogens with zero attached hydrogens (tertiary/aromatic N) is 2. The Kier molecular flexibility index (Phi) is 5.53.